The molecule has 0 saturated heterocycles. The molecule has 3 nitrogen and oxygen atoms in total. The Morgan fingerprint density at radius 2 is 2.00 bits per heavy atom. The van der Waals surface area contributed by atoms with Crippen LogP contribution in [0.3, 0.4) is 0 Å². The summed E-state index contributed by atoms with van der Waals surface area (Å²) >= 11 is 5.87. The Bertz CT molecular complexity index is 315. The van der Waals surface area contributed by atoms with Crippen LogP contribution in [0.25, 0.3) is 0 Å². The third-order valence-corrected chi connectivity index (χ3v) is 1.93. The fourth-order valence-electron chi connectivity index (χ4n) is 1.09. The van der Waals surface area contributed by atoms with Crippen LogP contribution in [0.5, 0.6) is 5.75 Å². The van der Waals surface area contributed by atoms with Crippen LogP contribution >= 0.6 is 11.6 Å². The molecule has 1 aromatic carbocycles. The maximum absolute atomic E-state index is 9.06. The Morgan fingerprint density at radius 1 is 1.36 bits per heavy atom. The summed E-state index contributed by atoms with van der Waals surface area (Å²) in [5.41, 5.74) is 0.284. The van der Waals surface area contributed by atoms with Crippen molar-refractivity contribution in [2.24, 2.45) is 0 Å². The van der Waals surface area contributed by atoms with Crippen molar-refractivity contribution in [1.82, 2.24) is 0 Å². The summed E-state index contributed by atoms with van der Waals surface area (Å²) < 4.78 is 5.39. The zero-order valence-electron chi connectivity index (χ0n) is 8.07. The van der Waals surface area contributed by atoms with Gasteiger partial charge in [0.2, 0.25) is 0 Å². The number of halogens is 1. The molecule has 0 amide bonds. The van der Waals surface area contributed by atoms with Gasteiger partial charge in [-0.25, -0.2) is 0 Å². The van der Waals surface area contributed by atoms with Crippen molar-refractivity contribution in [1.29, 1.82) is 0 Å². The van der Waals surface area contributed by atoms with Gasteiger partial charge in [-0.05, 0) is 19.9 Å². The molecule has 1 rings (SSSR count). The number of para-hydroxylation sites is 1. The fourth-order valence-corrected chi connectivity index (χ4v) is 1.32. The van der Waals surface area contributed by atoms with Gasteiger partial charge in [-0.1, -0.05) is 23.7 Å². The van der Waals surface area contributed by atoms with E-state index in [4.69, 9.17) is 26.4 Å². The maximum atomic E-state index is 9.06. The number of hydrogen-bond donors (Lipinski definition) is 2. The first-order chi connectivity index (χ1) is 6.52. The standard InChI is InChI=1S/C9H12BClO3/c1-6(2)14-9-7(10(12)13)4-3-5-8(9)11/h3-6,12-13H,1-2H3. The predicted octanol–water partition coefficient (Wildman–Crippen LogP) is 0.807. The van der Waals surface area contributed by atoms with Gasteiger partial charge in [-0.2, -0.15) is 0 Å². The number of ether oxygens (including phenoxy) is 1. The molecule has 14 heavy (non-hydrogen) atoms. The molecule has 76 valence electrons. The largest absolute Gasteiger partial charge is 0.492 e. The van der Waals surface area contributed by atoms with Crippen molar-refractivity contribution >= 4 is 24.2 Å². The minimum atomic E-state index is -1.57. The maximum Gasteiger partial charge on any atom is 0.492 e. The molecule has 0 spiro atoms. The van der Waals surface area contributed by atoms with E-state index in [0.29, 0.717) is 10.8 Å². The first-order valence-corrected chi connectivity index (χ1v) is 4.71. The molecule has 0 aliphatic carbocycles. The van der Waals surface area contributed by atoms with Gasteiger partial charge in [-0.3, -0.25) is 0 Å². The van der Waals surface area contributed by atoms with Crippen molar-refractivity contribution < 1.29 is 14.8 Å². The molecule has 0 fully saturated rings. The van der Waals surface area contributed by atoms with Gasteiger partial charge in [0.25, 0.3) is 0 Å². The summed E-state index contributed by atoms with van der Waals surface area (Å²) in [6.07, 6.45) is -0.0626. The van der Waals surface area contributed by atoms with Gasteiger partial charge in [0, 0.05) is 5.46 Å². The van der Waals surface area contributed by atoms with E-state index in [9.17, 15) is 0 Å². The van der Waals surface area contributed by atoms with E-state index in [2.05, 4.69) is 0 Å². The van der Waals surface area contributed by atoms with Crippen molar-refractivity contribution in [2.75, 3.05) is 0 Å². The summed E-state index contributed by atoms with van der Waals surface area (Å²) in [5, 5.41) is 18.5. The molecular weight excluding hydrogens is 202 g/mol. The van der Waals surface area contributed by atoms with Gasteiger partial charge in [0.15, 0.2) is 0 Å². The molecule has 0 bridgehead atoms. The molecule has 5 heteroatoms. The number of rotatable bonds is 3. The Kier molecular flexibility index (Phi) is 3.81. The molecule has 0 saturated carbocycles. The van der Waals surface area contributed by atoms with Gasteiger partial charge in [0.1, 0.15) is 5.75 Å². The van der Waals surface area contributed by atoms with Crippen LogP contribution in [0.4, 0.5) is 0 Å². The van der Waals surface area contributed by atoms with Crippen molar-refractivity contribution in [2.45, 2.75) is 20.0 Å². The fraction of sp³-hybridized carbons (Fsp3) is 0.333. The number of benzene rings is 1. The smallest absolute Gasteiger partial charge is 0.490 e. The topological polar surface area (TPSA) is 49.7 Å². The van der Waals surface area contributed by atoms with E-state index in [0.717, 1.165) is 0 Å². The number of hydrogen-bond acceptors (Lipinski definition) is 3. The Hall–Kier alpha value is -0.705. The first kappa shape index (κ1) is 11.4. The monoisotopic (exact) mass is 214 g/mol. The molecule has 0 heterocycles. The molecular formula is C9H12BClO3. The van der Waals surface area contributed by atoms with Crippen molar-refractivity contribution in [3.8, 4) is 5.75 Å². The van der Waals surface area contributed by atoms with Crippen LogP contribution in [-0.2, 0) is 0 Å². The summed E-state index contributed by atoms with van der Waals surface area (Å²) in [5.74, 6) is 0.333. The van der Waals surface area contributed by atoms with Crippen LogP contribution in [0.1, 0.15) is 13.8 Å². The normalized spacial score (nSPS) is 10.4. The highest BCUT2D eigenvalue weighted by molar-refractivity contribution is 6.60. The van der Waals surface area contributed by atoms with Gasteiger partial charge >= 0.3 is 7.12 Å². The second-order valence-electron chi connectivity index (χ2n) is 3.20. The third-order valence-electron chi connectivity index (χ3n) is 1.63. The molecule has 0 aliphatic heterocycles. The molecule has 0 aliphatic rings. The summed E-state index contributed by atoms with van der Waals surface area (Å²) in [7, 11) is -1.57. The van der Waals surface area contributed by atoms with Crippen LogP contribution < -0.4 is 10.2 Å². The van der Waals surface area contributed by atoms with Crippen LogP contribution in [-0.4, -0.2) is 23.3 Å². The summed E-state index contributed by atoms with van der Waals surface area (Å²) in [4.78, 5) is 0. The Morgan fingerprint density at radius 3 is 2.50 bits per heavy atom. The quantitative estimate of drug-likeness (QED) is 0.732. The summed E-state index contributed by atoms with van der Waals surface area (Å²) in [6, 6.07) is 4.85. The summed E-state index contributed by atoms with van der Waals surface area (Å²) in [6.45, 7) is 3.69. The highest BCUT2D eigenvalue weighted by Gasteiger charge is 2.19. The molecule has 0 unspecified atom stereocenters. The van der Waals surface area contributed by atoms with E-state index in [1.807, 2.05) is 13.8 Å². The lowest BCUT2D eigenvalue weighted by molar-refractivity contribution is 0.243. The minimum absolute atomic E-state index is 0.0626. The van der Waals surface area contributed by atoms with Gasteiger partial charge in [-0.15, -0.1) is 0 Å². The zero-order chi connectivity index (χ0) is 10.7. The molecule has 0 atom stereocenters. The molecule has 0 aromatic heterocycles. The van der Waals surface area contributed by atoms with Gasteiger partial charge < -0.3 is 14.8 Å². The lowest BCUT2D eigenvalue weighted by atomic mass is 9.79. The van der Waals surface area contributed by atoms with Gasteiger partial charge in [0.05, 0.1) is 11.1 Å². The van der Waals surface area contributed by atoms with Crippen LogP contribution in [0, 0.1) is 0 Å². The second-order valence-corrected chi connectivity index (χ2v) is 3.61. The van der Waals surface area contributed by atoms with E-state index >= 15 is 0 Å². The van der Waals surface area contributed by atoms with Crippen molar-refractivity contribution in [3.63, 3.8) is 0 Å². The van der Waals surface area contributed by atoms with E-state index < -0.39 is 7.12 Å². The van der Waals surface area contributed by atoms with E-state index in [1.165, 1.54) is 0 Å². The lowest BCUT2D eigenvalue weighted by Crippen LogP contribution is -2.32. The third kappa shape index (κ3) is 2.64. The zero-order valence-corrected chi connectivity index (χ0v) is 8.82. The highest BCUT2D eigenvalue weighted by Crippen LogP contribution is 2.22. The first-order valence-electron chi connectivity index (χ1n) is 4.33. The van der Waals surface area contributed by atoms with E-state index in [-0.39, 0.29) is 11.6 Å². The predicted molar refractivity (Wildman–Crippen MR) is 57.0 cm³/mol. The second kappa shape index (κ2) is 4.69. The average molecular weight is 214 g/mol. The molecule has 2 N–H and O–H groups in total. The minimum Gasteiger partial charge on any atom is -0.490 e. The van der Waals surface area contributed by atoms with Crippen LogP contribution in [0.2, 0.25) is 5.02 Å². The van der Waals surface area contributed by atoms with E-state index in [1.54, 1.807) is 18.2 Å². The molecule has 0 radical (unpaired) electrons. The SMILES string of the molecule is CC(C)Oc1c(Cl)cccc1B(O)O. The van der Waals surface area contributed by atoms with Crippen molar-refractivity contribution in [3.05, 3.63) is 23.2 Å². The molecule has 1 aromatic rings. The van der Waals surface area contributed by atoms with Crippen LogP contribution in [0.15, 0.2) is 18.2 Å². The Labute approximate surface area is 88.4 Å². The average Bonchev–Trinajstić information content (AvgIpc) is 2.07. The Balaban J connectivity index is 3.09. The highest BCUT2D eigenvalue weighted by atomic mass is 35.5. The lowest BCUT2D eigenvalue weighted by Gasteiger charge is -2.15.